The molecule has 1 atom stereocenters. The molecule has 0 spiro atoms. The van der Waals surface area contributed by atoms with Gasteiger partial charge in [0, 0.05) is 32.2 Å². The van der Waals surface area contributed by atoms with Gasteiger partial charge in [0.1, 0.15) is 0 Å². The Labute approximate surface area is 121 Å². The van der Waals surface area contributed by atoms with Crippen molar-refractivity contribution in [3.05, 3.63) is 0 Å². The maximum Gasteiger partial charge on any atom is 0.320 e. The summed E-state index contributed by atoms with van der Waals surface area (Å²) in [5, 5.41) is 8.77. The third kappa shape index (κ3) is 4.67. The van der Waals surface area contributed by atoms with Crippen molar-refractivity contribution in [2.24, 2.45) is 0 Å². The number of nitrogens with zero attached hydrogens (tertiary/aromatic N) is 3. The minimum atomic E-state index is -0.873. The van der Waals surface area contributed by atoms with Crippen LogP contribution in [-0.2, 0) is 4.79 Å². The number of hydrogen-bond donors (Lipinski definition) is 1. The van der Waals surface area contributed by atoms with Crippen molar-refractivity contribution in [1.82, 2.24) is 14.7 Å². The zero-order chi connectivity index (χ0) is 15.3. The number of carbonyl (C=O) groups excluding carboxylic acids is 1. The summed E-state index contributed by atoms with van der Waals surface area (Å²) in [4.78, 5) is 28.7. The predicted octanol–water partition coefficient (Wildman–Crippen LogP) is 1.32. The Kier molecular flexibility index (Phi) is 6.26. The van der Waals surface area contributed by atoms with Crippen molar-refractivity contribution in [2.45, 2.75) is 45.2 Å². The fraction of sp³-hybridized carbons (Fsp3) is 0.857. The van der Waals surface area contributed by atoms with Gasteiger partial charge in [0.05, 0.1) is 6.42 Å². The lowest BCUT2D eigenvalue weighted by molar-refractivity contribution is -0.137. The molecule has 6 heteroatoms. The molecule has 1 aliphatic heterocycles. The van der Waals surface area contributed by atoms with E-state index in [1.54, 1.807) is 16.8 Å². The Morgan fingerprint density at radius 1 is 1.40 bits per heavy atom. The Balaban J connectivity index is 2.56. The summed E-state index contributed by atoms with van der Waals surface area (Å²) >= 11 is 0. The molecule has 0 aliphatic carbocycles. The molecule has 0 radical (unpaired) electrons. The first-order valence-corrected chi connectivity index (χ1v) is 7.26. The third-order valence-electron chi connectivity index (χ3n) is 3.92. The number of carboxylic acids is 1. The topological polar surface area (TPSA) is 64.1 Å². The van der Waals surface area contributed by atoms with Crippen LogP contribution in [0.2, 0.25) is 0 Å². The summed E-state index contributed by atoms with van der Waals surface area (Å²) in [7, 11) is 3.88. The number of aliphatic carboxylic acids is 1. The van der Waals surface area contributed by atoms with Crippen LogP contribution >= 0.6 is 0 Å². The van der Waals surface area contributed by atoms with E-state index in [1.807, 2.05) is 13.8 Å². The van der Waals surface area contributed by atoms with Crippen molar-refractivity contribution >= 4 is 12.0 Å². The van der Waals surface area contributed by atoms with Crippen LogP contribution in [0.1, 0.15) is 33.1 Å². The highest BCUT2D eigenvalue weighted by Gasteiger charge is 2.27. The van der Waals surface area contributed by atoms with Crippen LogP contribution in [0.4, 0.5) is 4.79 Å². The van der Waals surface area contributed by atoms with E-state index in [4.69, 9.17) is 5.11 Å². The maximum absolute atomic E-state index is 12.4. The van der Waals surface area contributed by atoms with Crippen molar-refractivity contribution in [1.29, 1.82) is 0 Å². The van der Waals surface area contributed by atoms with Crippen LogP contribution in [0.15, 0.2) is 0 Å². The number of likely N-dealkylation sites (N-methyl/N-ethyl adjacent to an activating group) is 2. The number of carbonyl (C=O) groups is 2. The standard InChI is InChI=1S/C14H27N3O3/c1-11(2)17(9-7-13(18)19)14(20)16(4)10-12-6-5-8-15(12)3/h11-12H,5-10H2,1-4H3,(H,18,19). The van der Waals surface area contributed by atoms with E-state index in [1.165, 1.54) is 6.42 Å². The monoisotopic (exact) mass is 285 g/mol. The van der Waals surface area contributed by atoms with Crippen LogP contribution in [0.5, 0.6) is 0 Å². The van der Waals surface area contributed by atoms with E-state index in [0.29, 0.717) is 12.6 Å². The van der Waals surface area contributed by atoms with Gasteiger partial charge in [0.2, 0.25) is 0 Å². The van der Waals surface area contributed by atoms with Crippen molar-refractivity contribution in [2.75, 3.05) is 33.7 Å². The zero-order valence-electron chi connectivity index (χ0n) is 13.0. The lowest BCUT2D eigenvalue weighted by Gasteiger charge is -2.33. The van der Waals surface area contributed by atoms with Crippen molar-refractivity contribution < 1.29 is 14.7 Å². The molecule has 0 bridgehead atoms. The van der Waals surface area contributed by atoms with Gasteiger partial charge in [-0.3, -0.25) is 4.79 Å². The fourth-order valence-corrected chi connectivity index (χ4v) is 2.61. The van der Waals surface area contributed by atoms with E-state index < -0.39 is 5.97 Å². The highest BCUT2D eigenvalue weighted by atomic mass is 16.4. The third-order valence-corrected chi connectivity index (χ3v) is 3.92. The first-order valence-electron chi connectivity index (χ1n) is 7.26. The molecule has 0 saturated carbocycles. The summed E-state index contributed by atoms with van der Waals surface area (Å²) in [5.41, 5.74) is 0. The number of rotatable bonds is 6. The molecular formula is C14H27N3O3. The summed E-state index contributed by atoms with van der Waals surface area (Å²) in [5.74, 6) is -0.873. The van der Waals surface area contributed by atoms with Crippen LogP contribution in [-0.4, -0.2) is 77.6 Å². The molecule has 0 aromatic carbocycles. The highest BCUT2D eigenvalue weighted by Crippen LogP contribution is 2.16. The molecule has 0 aromatic heterocycles. The minimum absolute atomic E-state index is 0.00519. The van der Waals surface area contributed by atoms with Crippen LogP contribution in [0, 0.1) is 0 Å². The van der Waals surface area contributed by atoms with E-state index in [2.05, 4.69) is 11.9 Å². The van der Waals surface area contributed by atoms with Gasteiger partial charge in [-0.2, -0.15) is 0 Å². The first-order chi connectivity index (χ1) is 9.32. The molecule has 20 heavy (non-hydrogen) atoms. The number of urea groups is 1. The van der Waals surface area contributed by atoms with Gasteiger partial charge in [-0.1, -0.05) is 0 Å². The van der Waals surface area contributed by atoms with Crippen molar-refractivity contribution in [3.63, 3.8) is 0 Å². The number of carboxylic acid groups (broad SMARTS) is 1. The highest BCUT2D eigenvalue weighted by molar-refractivity contribution is 5.75. The molecule has 6 nitrogen and oxygen atoms in total. The number of hydrogen-bond acceptors (Lipinski definition) is 3. The molecule has 1 N–H and O–H groups in total. The second-order valence-corrected chi connectivity index (χ2v) is 5.87. The minimum Gasteiger partial charge on any atom is -0.481 e. The lowest BCUT2D eigenvalue weighted by Crippen LogP contribution is -2.49. The number of amides is 2. The van der Waals surface area contributed by atoms with Crippen LogP contribution in [0.3, 0.4) is 0 Å². The lowest BCUT2D eigenvalue weighted by atomic mass is 10.2. The molecular weight excluding hydrogens is 258 g/mol. The van der Waals surface area contributed by atoms with E-state index >= 15 is 0 Å². The number of likely N-dealkylation sites (tertiary alicyclic amines) is 1. The van der Waals surface area contributed by atoms with Gasteiger partial charge in [0.15, 0.2) is 0 Å². The molecule has 2 amide bonds. The fourth-order valence-electron chi connectivity index (χ4n) is 2.61. The molecule has 1 unspecified atom stereocenters. The summed E-state index contributed by atoms with van der Waals surface area (Å²) in [6.45, 7) is 5.87. The van der Waals surface area contributed by atoms with Gasteiger partial charge in [-0.25, -0.2) is 4.79 Å². The van der Waals surface area contributed by atoms with Gasteiger partial charge in [0.25, 0.3) is 0 Å². The molecule has 1 saturated heterocycles. The zero-order valence-corrected chi connectivity index (χ0v) is 13.0. The summed E-state index contributed by atoms with van der Waals surface area (Å²) in [6, 6.07) is 0.338. The smallest absolute Gasteiger partial charge is 0.320 e. The van der Waals surface area contributed by atoms with Crippen LogP contribution in [0.25, 0.3) is 0 Å². The molecule has 1 fully saturated rings. The van der Waals surface area contributed by atoms with Crippen molar-refractivity contribution in [3.8, 4) is 0 Å². The maximum atomic E-state index is 12.4. The average Bonchev–Trinajstić information content (AvgIpc) is 2.74. The SMILES string of the molecule is CC(C)N(CCC(=O)O)C(=O)N(C)CC1CCCN1C. The molecule has 1 rings (SSSR count). The second kappa shape index (κ2) is 7.47. The first kappa shape index (κ1) is 16.8. The van der Waals surface area contributed by atoms with Gasteiger partial charge in [-0.15, -0.1) is 0 Å². The Morgan fingerprint density at radius 3 is 2.50 bits per heavy atom. The quantitative estimate of drug-likeness (QED) is 0.799. The van der Waals surface area contributed by atoms with E-state index in [0.717, 1.165) is 13.0 Å². The van der Waals surface area contributed by atoms with E-state index in [9.17, 15) is 9.59 Å². The molecule has 1 aliphatic rings. The Morgan fingerprint density at radius 2 is 2.05 bits per heavy atom. The molecule has 0 aromatic rings. The largest absolute Gasteiger partial charge is 0.481 e. The normalized spacial score (nSPS) is 19.4. The Bertz CT molecular complexity index is 347. The van der Waals surface area contributed by atoms with Crippen LogP contribution < -0.4 is 0 Å². The molecule has 116 valence electrons. The molecule has 1 heterocycles. The summed E-state index contributed by atoms with van der Waals surface area (Å²) in [6.07, 6.45) is 2.28. The van der Waals surface area contributed by atoms with E-state index in [-0.39, 0.29) is 25.0 Å². The van der Waals surface area contributed by atoms with Gasteiger partial charge < -0.3 is 19.8 Å². The van der Waals surface area contributed by atoms with Gasteiger partial charge in [-0.05, 0) is 40.3 Å². The second-order valence-electron chi connectivity index (χ2n) is 5.87. The van der Waals surface area contributed by atoms with Gasteiger partial charge >= 0.3 is 12.0 Å². The predicted molar refractivity (Wildman–Crippen MR) is 77.8 cm³/mol. The summed E-state index contributed by atoms with van der Waals surface area (Å²) < 4.78 is 0. The average molecular weight is 285 g/mol. The Hall–Kier alpha value is -1.30.